The molecule has 3 rings (SSSR count). The van der Waals surface area contributed by atoms with Gasteiger partial charge in [-0.1, -0.05) is 30.3 Å². The molecule has 0 saturated carbocycles. The van der Waals surface area contributed by atoms with E-state index >= 15 is 0 Å². The van der Waals surface area contributed by atoms with E-state index in [9.17, 15) is 18.0 Å². The van der Waals surface area contributed by atoms with Crippen LogP contribution in [0.5, 0.6) is 0 Å². The summed E-state index contributed by atoms with van der Waals surface area (Å²) in [5.74, 6) is -0.471. The number of hydrogen-bond donors (Lipinski definition) is 2. The van der Waals surface area contributed by atoms with Crippen LogP contribution in [0.25, 0.3) is 6.08 Å². The van der Waals surface area contributed by atoms with Crippen LogP contribution in [-0.4, -0.2) is 44.8 Å². The molecule has 29 heavy (non-hydrogen) atoms. The number of carbonyl (C=O) groups is 2. The lowest BCUT2D eigenvalue weighted by molar-refractivity contribution is -0.129. The van der Waals surface area contributed by atoms with Crippen molar-refractivity contribution in [2.75, 3.05) is 24.4 Å². The summed E-state index contributed by atoms with van der Waals surface area (Å²) in [5, 5.41) is 3.69. The number of amides is 2. The van der Waals surface area contributed by atoms with Crippen LogP contribution in [0.4, 0.5) is 5.69 Å². The molecule has 0 bridgehead atoms. The number of hydrogen-bond acceptors (Lipinski definition) is 4. The Labute approximate surface area is 170 Å². The number of nitrogens with zero attached hydrogens (tertiary/aromatic N) is 1. The van der Waals surface area contributed by atoms with Crippen molar-refractivity contribution in [1.82, 2.24) is 10.2 Å². The number of anilines is 1. The van der Waals surface area contributed by atoms with Crippen LogP contribution in [0.3, 0.4) is 0 Å². The van der Waals surface area contributed by atoms with Gasteiger partial charge < -0.3 is 10.2 Å². The largest absolute Gasteiger partial charge is 0.343 e. The summed E-state index contributed by atoms with van der Waals surface area (Å²) >= 11 is 0. The van der Waals surface area contributed by atoms with Crippen LogP contribution in [-0.2, 0) is 14.8 Å². The molecule has 152 valence electrons. The summed E-state index contributed by atoms with van der Waals surface area (Å²) in [7, 11) is -3.68. The number of benzene rings is 2. The fourth-order valence-electron chi connectivity index (χ4n) is 2.96. The second kappa shape index (κ2) is 9.38. The zero-order chi connectivity index (χ0) is 20.7. The highest BCUT2D eigenvalue weighted by Crippen LogP contribution is 2.13. The van der Waals surface area contributed by atoms with Crippen molar-refractivity contribution < 1.29 is 18.0 Å². The Morgan fingerprint density at radius 2 is 1.62 bits per heavy atom. The molecule has 0 unspecified atom stereocenters. The third kappa shape index (κ3) is 6.18. The van der Waals surface area contributed by atoms with E-state index in [0.29, 0.717) is 11.3 Å². The van der Waals surface area contributed by atoms with E-state index < -0.39 is 10.0 Å². The van der Waals surface area contributed by atoms with Gasteiger partial charge in [-0.3, -0.25) is 14.3 Å². The Hall–Kier alpha value is -3.13. The molecule has 1 saturated heterocycles. The van der Waals surface area contributed by atoms with E-state index in [0.717, 1.165) is 36.9 Å². The lowest BCUT2D eigenvalue weighted by Crippen LogP contribution is -2.38. The maximum atomic E-state index is 12.2. The highest BCUT2D eigenvalue weighted by atomic mass is 32.2. The standard InChI is InChI=1S/C21H23N3O4S/c25-20(24-13-4-5-14-24)16-22-21(26)18-8-10-19(11-9-18)23-29(27,28)15-12-17-6-2-1-3-7-17/h1-3,6-12,15,23H,4-5,13-14,16H2,(H,22,26). The number of nitrogens with one attached hydrogen (secondary N) is 2. The minimum absolute atomic E-state index is 0.0442. The normalized spacial score (nSPS) is 14.1. The molecular weight excluding hydrogens is 390 g/mol. The van der Waals surface area contributed by atoms with Crippen LogP contribution >= 0.6 is 0 Å². The predicted octanol–water partition coefficient (Wildman–Crippen LogP) is 2.45. The first kappa shape index (κ1) is 20.6. The molecule has 2 aromatic rings. The van der Waals surface area contributed by atoms with Gasteiger partial charge in [0.25, 0.3) is 15.9 Å². The summed E-state index contributed by atoms with van der Waals surface area (Å²) in [4.78, 5) is 25.9. The van der Waals surface area contributed by atoms with E-state index in [1.807, 2.05) is 18.2 Å². The topological polar surface area (TPSA) is 95.6 Å². The molecule has 1 aliphatic heterocycles. The van der Waals surface area contributed by atoms with E-state index in [1.165, 1.54) is 30.3 Å². The van der Waals surface area contributed by atoms with Crippen molar-refractivity contribution in [2.45, 2.75) is 12.8 Å². The van der Waals surface area contributed by atoms with Gasteiger partial charge in [0.1, 0.15) is 0 Å². The minimum atomic E-state index is -3.68. The summed E-state index contributed by atoms with van der Waals surface area (Å²) < 4.78 is 26.8. The molecule has 0 atom stereocenters. The Kier molecular flexibility index (Phi) is 6.66. The van der Waals surface area contributed by atoms with Gasteiger partial charge in [-0.15, -0.1) is 0 Å². The first-order valence-corrected chi connectivity index (χ1v) is 10.9. The Morgan fingerprint density at radius 3 is 2.28 bits per heavy atom. The molecule has 0 aliphatic carbocycles. The van der Waals surface area contributed by atoms with E-state index in [2.05, 4.69) is 10.0 Å². The fourth-order valence-corrected chi connectivity index (χ4v) is 3.83. The van der Waals surface area contributed by atoms with Gasteiger partial charge in [0.2, 0.25) is 5.91 Å². The molecule has 1 heterocycles. The monoisotopic (exact) mass is 413 g/mol. The van der Waals surface area contributed by atoms with Crippen LogP contribution in [0, 0.1) is 0 Å². The highest BCUT2D eigenvalue weighted by Gasteiger charge is 2.18. The van der Waals surface area contributed by atoms with Crippen LogP contribution in [0.2, 0.25) is 0 Å². The second-order valence-corrected chi connectivity index (χ2v) is 8.27. The van der Waals surface area contributed by atoms with E-state index in [4.69, 9.17) is 0 Å². The Bertz CT molecular complexity index is 980. The van der Waals surface area contributed by atoms with Crippen LogP contribution < -0.4 is 10.0 Å². The Morgan fingerprint density at radius 1 is 0.966 bits per heavy atom. The van der Waals surface area contributed by atoms with Crippen molar-refractivity contribution in [3.05, 3.63) is 71.1 Å². The molecule has 7 nitrogen and oxygen atoms in total. The predicted molar refractivity (Wildman–Crippen MR) is 113 cm³/mol. The third-order valence-corrected chi connectivity index (χ3v) is 5.52. The molecule has 2 N–H and O–H groups in total. The molecule has 0 spiro atoms. The molecule has 1 fully saturated rings. The number of sulfonamides is 1. The first-order valence-electron chi connectivity index (χ1n) is 9.35. The molecule has 1 aliphatic rings. The molecule has 2 aromatic carbocycles. The van der Waals surface area contributed by atoms with E-state index in [-0.39, 0.29) is 18.4 Å². The quantitative estimate of drug-likeness (QED) is 0.729. The van der Waals surface area contributed by atoms with Gasteiger partial charge in [-0.2, -0.15) is 0 Å². The van der Waals surface area contributed by atoms with Gasteiger partial charge in [0, 0.05) is 24.3 Å². The van der Waals surface area contributed by atoms with Crippen LogP contribution in [0.15, 0.2) is 60.0 Å². The number of rotatable bonds is 7. The van der Waals surface area contributed by atoms with Crippen molar-refractivity contribution >= 4 is 33.6 Å². The van der Waals surface area contributed by atoms with Gasteiger partial charge in [-0.05, 0) is 48.7 Å². The van der Waals surface area contributed by atoms with Gasteiger partial charge in [-0.25, -0.2) is 8.42 Å². The molecule has 0 radical (unpaired) electrons. The summed E-state index contributed by atoms with van der Waals surface area (Å²) in [6.45, 7) is 1.43. The minimum Gasteiger partial charge on any atom is -0.343 e. The maximum absolute atomic E-state index is 12.2. The summed E-state index contributed by atoms with van der Waals surface area (Å²) in [5.41, 5.74) is 1.46. The lowest BCUT2D eigenvalue weighted by Gasteiger charge is -2.15. The molecular formula is C21H23N3O4S. The lowest BCUT2D eigenvalue weighted by atomic mass is 10.2. The number of carbonyl (C=O) groups excluding carboxylic acids is 2. The van der Waals surface area contributed by atoms with E-state index in [1.54, 1.807) is 17.0 Å². The Balaban J connectivity index is 1.54. The third-order valence-electron chi connectivity index (χ3n) is 4.51. The highest BCUT2D eigenvalue weighted by molar-refractivity contribution is 7.95. The number of likely N-dealkylation sites (tertiary alicyclic amines) is 1. The van der Waals surface area contributed by atoms with Crippen molar-refractivity contribution in [3.8, 4) is 0 Å². The average Bonchev–Trinajstić information content (AvgIpc) is 3.26. The van der Waals surface area contributed by atoms with Gasteiger partial charge in [0.15, 0.2) is 0 Å². The molecule has 8 heteroatoms. The fraction of sp³-hybridized carbons (Fsp3) is 0.238. The van der Waals surface area contributed by atoms with Gasteiger partial charge in [0.05, 0.1) is 12.0 Å². The average molecular weight is 413 g/mol. The maximum Gasteiger partial charge on any atom is 0.255 e. The zero-order valence-electron chi connectivity index (χ0n) is 15.9. The second-order valence-electron chi connectivity index (χ2n) is 6.71. The zero-order valence-corrected chi connectivity index (χ0v) is 16.7. The van der Waals surface area contributed by atoms with Crippen molar-refractivity contribution in [3.63, 3.8) is 0 Å². The van der Waals surface area contributed by atoms with Crippen molar-refractivity contribution in [1.29, 1.82) is 0 Å². The first-order chi connectivity index (χ1) is 13.9. The van der Waals surface area contributed by atoms with Crippen molar-refractivity contribution in [2.24, 2.45) is 0 Å². The summed E-state index contributed by atoms with van der Waals surface area (Å²) in [6, 6.07) is 15.1. The smallest absolute Gasteiger partial charge is 0.255 e. The van der Waals surface area contributed by atoms with Gasteiger partial charge >= 0.3 is 0 Å². The molecule has 2 amide bonds. The summed E-state index contributed by atoms with van der Waals surface area (Å²) in [6.07, 6.45) is 3.50. The SMILES string of the molecule is O=C(NCC(=O)N1CCCC1)c1ccc(NS(=O)(=O)C=Cc2ccccc2)cc1. The van der Waals surface area contributed by atoms with Crippen LogP contribution in [0.1, 0.15) is 28.8 Å². The molecule has 0 aromatic heterocycles.